The molecule has 0 saturated carbocycles. The lowest BCUT2D eigenvalue weighted by Gasteiger charge is -2.14. The van der Waals surface area contributed by atoms with Gasteiger partial charge in [-0.1, -0.05) is 113 Å². The molecule has 0 aromatic rings. The molecule has 0 radical (unpaired) electrons. The van der Waals surface area contributed by atoms with E-state index in [1.54, 1.807) is 0 Å². The van der Waals surface area contributed by atoms with Crippen molar-refractivity contribution in [3.8, 4) is 0 Å². The first kappa shape index (κ1) is 40.1. The van der Waals surface area contributed by atoms with Crippen LogP contribution in [-0.2, 0) is 19.1 Å². The molecule has 0 spiro atoms. The second-order valence-electron chi connectivity index (χ2n) is 11.0. The fourth-order valence-electron chi connectivity index (χ4n) is 4.40. The predicted molar refractivity (Wildman–Crippen MR) is 180 cm³/mol. The molecule has 0 aliphatic rings. The zero-order valence-electron chi connectivity index (χ0n) is 27.3. The minimum atomic E-state index is -1.03. The standard InChI is InChI=1S/C37H61NO5/c1-3-5-7-9-11-12-13-14-15-16-17-18-20-22-28-32-37(42)43-34(29-25-21-19-10-8-6-4-2)30-26-23-24-27-31-35(39)38-33-36(40)41/h5,7,10-12,14-15,19,25,29,34H,3-4,6,8-9,13,16-18,20-24,26-28,30-33H2,1-2H3,(H,38,39)(H,40,41)/b7-5-,12-11-,15-14-,19-10-,29-25-. The van der Waals surface area contributed by atoms with Crippen LogP contribution in [-0.4, -0.2) is 35.6 Å². The number of hydrogen-bond donors (Lipinski definition) is 2. The van der Waals surface area contributed by atoms with Gasteiger partial charge < -0.3 is 15.2 Å². The van der Waals surface area contributed by atoms with Gasteiger partial charge in [0.15, 0.2) is 0 Å². The molecule has 0 saturated heterocycles. The summed E-state index contributed by atoms with van der Waals surface area (Å²) in [5, 5.41) is 11.0. The van der Waals surface area contributed by atoms with Crippen molar-refractivity contribution in [2.75, 3.05) is 6.54 Å². The number of carboxylic acids is 1. The summed E-state index contributed by atoms with van der Waals surface area (Å²) in [5.74, 6) is -1.38. The molecule has 244 valence electrons. The lowest BCUT2D eigenvalue weighted by Crippen LogP contribution is -2.28. The Morgan fingerprint density at radius 2 is 1.21 bits per heavy atom. The Hall–Kier alpha value is -2.89. The summed E-state index contributed by atoms with van der Waals surface area (Å²) in [7, 11) is 0. The molecule has 0 aliphatic carbocycles. The van der Waals surface area contributed by atoms with Gasteiger partial charge in [0.2, 0.25) is 5.91 Å². The van der Waals surface area contributed by atoms with E-state index in [1.165, 1.54) is 25.7 Å². The van der Waals surface area contributed by atoms with Gasteiger partial charge >= 0.3 is 11.9 Å². The van der Waals surface area contributed by atoms with Crippen molar-refractivity contribution in [2.24, 2.45) is 0 Å². The van der Waals surface area contributed by atoms with Crippen molar-refractivity contribution in [1.29, 1.82) is 0 Å². The van der Waals surface area contributed by atoms with E-state index in [1.807, 2.05) is 6.08 Å². The van der Waals surface area contributed by atoms with Crippen LogP contribution in [0.15, 0.2) is 60.8 Å². The van der Waals surface area contributed by atoms with E-state index in [-0.39, 0.29) is 24.5 Å². The number of unbranched alkanes of at least 4 members (excludes halogenated alkanes) is 10. The molecule has 1 unspecified atom stereocenters. The van der Waals surface area contributed by atoms with Crippen molar-refractivity contribution in [3.63, 3.8) is 0 Å². The van der Waals surface area contributed by atoms with Crippen LogP contribution in [0.1, 0.15) is 142 Å². The summed E-state index contributed by atoms with van der Waals surface area (Å²) in [6.45, 7) is 4.01. The van der Waals surface area contributed by atoms with Crippen molar-refractivity contribution < 1.29 is 24.2 Å². The Morgan fingerprint density at radius 1 is 0.651 bits per heavy atom. The van der Waals surface area contributed by atoms with Crippen LogP contribution >= 0.6 is 0 Å². The van der Waals surface area contributed by atoms with Gasteiger partial charge in [-0.05, 0) is 76.7 Å². The Morgan fingerprint density at radius 3 is 1.88 bits per heavy atom. The highest BCUT2D eigenvalue weighted by Crippen LogP contribution is 2.14. The quantitative estimate of drug-likeness (QED) is 0.0507. The van der Waals surface area contributed by atoms with Crippen LogP contribution in [0.4, 0.5) is 0 Å². The molecule has 0 aromatic carbocycles. The number of nitrogens with one attached hydrogen (secondary N) is 1. The number of rotatable bonds is 29. The summed E-state index contributed by atoms with van der Waals surface area (Å²) in [5.41, 5.74) is 0. The largest absolute Gasteiger partial charge is 0.480 e. The van der Waals surface area contributed by atoms with Crippen molar-refractivity contribution in [1.82, 2.24) is 5.32 Å². The smallest absolute Gasteiger partial charge is 0.322 e. The normalized spacial score (nSPS) is 12.8. The Balaban J connectivity index is 4.21. The summed E-state index contributed by atoms with van der Waals surface area (Å²) in [6.07, 6.45) is 40.7. The maximum absolute atomic E-state index is 12.5. The molecule has 0 aromatic heterocycles. The van der Waals surface area contributed by atoms with Crippen LogP contribution in [0.3, 0.4) is 0 Å². The summed E-state index contributed by atoms with van der Waals surface area (Å²) >= 11 is 0. The number of allylic oxidation sites excluding steroid dienone is 9. The molecule has 0 rings (SSSR count). The molecular formula is C37H61NO5. The monoisotopic (exact) mass is 599 g/mol. The van der Waals surface area contributed by atoms with Crippen LogP contribution in [0.5, 0.6) is 0 Å². The molecule has 43 heavy (non-hydrogen) atoms. The van der Waals surface area contributed by atoms with E-state index in [4.69, 9.17) is 9.84 Å². The van der Waals surface area contributed by atoms with Crippen molar-refractivity contribution >= 4 is 17.8 Å². The van der Waals surface area contributed by atoms with Gasteiger partial charge in [0.05, 0.1) is 0 Å². The fraction of sp³-hybridized carbons (Fsp3) is 0.649. The van der Waals surface area contributed by atoms with E-state index >= 15 is 0 Å². The molecule has 0 aliphatic heterocycles. The van der Waals surface area contributed by atoms with Crippen LogP contribution in [0.2, 0.25) is 0 Å². The Bertz CT molecular complexity index is 840. The number of carboxylic acid groups (broad SMARTS) is 1. The summed E-state index contributed by atoms with van der Waals surface area (Å²) in [6, 6.07) is 0. The fourth-order valence-corrected chi connectivity index (χ4v) is 4.40. The highest BCUT2D eigenvalue weighted by Gasteiger charge is 2.11. The zero-order valence-corrected chi connectivity index (χ0v) is 27.3. The number of amides is 1. The van der Waals surface area contributed by atoms with Crippen LogP contribution in [0, 0.1) is 0 Å². The molecular weight excluding hydrogens is 538 g/mol. The number of aliphatic carboxylic acids is 1. The number of esters is 1. The first-order valence-corrected chi connectivity index (χ1v) is 16.9. The van der Waals surface area contributed by atoms with E-state index in [9.17, 15) is 14.4 Å². The van der Waals surface area contributed by atoms with Crippen molar-refractivity contribution in [2.45, 2.75) is 148 Å². The molecule has 1 amide bonds. The Labute approximate surface area is 262 Å². The van der Waals surface area contributed by atoms with Gasteiger partial charge in [-0.25, -0.2) is 0 Å². The number of hydrogen-bond acceptors (Lipinski definition) is 4. The Kier molecular flexibility index (Phi) is 29.9. The van der Waals surface area contributed by atoms with Gasteiger partial charge in [-0.2, -0.15) is 0 Å². The van der Waals surface area contributed by atoms with E-state index in [0.717, 1.165) is 89.9 Å². The zero-order chi connectivity index (χ0) is 31.6. The average molecular weight is 600 g/mol. The molecule has 0 bridgehead atoms. The minimum Gasteiger partial charge on any atom is -0.480 e. The number of carbonyl (C=O) groups excluding carboxylic acids is 2. The molecule has 2 N–H and O–H groups in total. The molecule has 6 nitrogen and oxygen atoms in total. The lowest BCUT2D eigenvalue weighted by atomic mass is 10.1. The molecule has 0 heterocycles. The van der Waals surface area contributed by atoms with Gasteiger partial charge in [0.1, 0.15) is 12.6 Å². The minimum absolute atomic E-state index is 0.121. The maximum Gasteiger partial charge on any atom is 0.322 e. The second kappa shape index (κ2) is 32.0. The first-order valence-electron chi connectivity index (χ1n) is 16.9. The molecule has 6 heteroatoms. The van der Waals surface area contributed by atoms with Gasteiger partial charge in [-0.15, -0.1) is 0 Å². The summed E-state index contributed by atoms with van der Waals surface area (Å²) < 4.78 is 5.83. The van der Waals surface area contributed by atoms with Crippen LogP contribution in [0.25, 0.3) is 0 Å². The number of carbonyl (C=O) groups is 3. The lowest BCUT2D eigenvalue weighted by molar-refractivity contribution is -0.147. The first-order chi connectivity index (χ1) is 21.0. The van der Waals surface area contributed by atoms with E-state index in [2.05, 4.69) is 73.8 Å². The van der Waals surface area contributed by atoms with E-state index in [0.29, 0.717) is 12.8 Å². The predicted octanol–water partition coefficient (Wildman–Crippen LogP) is 9.72. The van der Waals surface area contributed by atoms with Crippen molar-refractivity contribution in [3.05, 3.63) is 60.8 Å². The highest BCUT2D eigenvalue weighted by molar-refractivity contribution is 5.80. The van der Waals surface area contributed by atoms with Gasteiger partial charge in [0, 0.05) is 12.8 Å². The second-order valence-corrected chi connectivity index (χ2v) is 11.0. The van der Waals surface area contributed by atoms with Gasteiger partial charge in [0.25, 0.3) is 0 Å². The third-order valence-electron chi connectivity index (χ3n) is 6.91. The van der Waals surface area contributed by atoms with Crippen LogP contribution < -0.4 is 5.32 Å². The maximum atomic E-state index is 12.5. The van der Waals surface area contributed by atoms with E-state index < -0.39 is 5.97 Å². The number of ether oxygens (including phenoxy) is 1. The summed E-state index contributed by atoms with van der Waals surface area (Å²) in [4.78, 5) is 34.7. The molecule has 0 fully saturated rings. The topological polar surface area (TPSA) is 92.7 Å². The SMILES string of the molecule is CC/C=C\C/C=C\C/C=C\CCCCCCCC(=O)OC(/C=C\C/C=C\CCCC)CCCCCCC(=O)NCC(=O)O. The highest BCUT2D eigenvalue weighted by atomic mass is 16.5. The average Bonchev–Trinajstić information content (AvgIpc) is 2.99. The third kappa shape index (κ3) is 31.9. The molecule has 1 atom stereocenters. The van der Waals surface area contributed by atoms with Gasteiger partial charge in [-0.3, -0.25) is 14.4 Å². The third-order valence-corrected chi connectivity index (χ3v) is 6.91.